The zero-order chi connectivity index (χ0) is 18.5. The van der Waals surface area contributed by atoms with Gasteiger partial charge < -0.3 is 20.1 Å². The fourth-order valence-corrected chi connectivity index (χ4v) is 2.88. The Bertz CT molecular complexity index is 918. The molecule has 0 radical (unpaired) electrons. The normalized spacial score (nSPS) is 12.5. The van der Waals surface area contributed by atoms with Gasteiger partial charge in [-0.25, -0.2) is 4.98 Å². The van der Waals surface area contributed by atoms with Crippen molar-refractivity contribution < 1.29 is 9.47 Å². The second kappa shape index (κ2) is 8.14. The van der Waals surface area contributed by atoms with Gasteiger partial charge in [0.25, 0.3) is 0 Å². The maximum atomic E-state index is 5.91. The van der Waals surface area contributed by atoms with Gasteiger partial charge in [0.05, 0.1) is 0 Å². The number of hydrogen-bond donors (Lipinski definition) is 2. The summed E-state index contributed by atoms with van der Waals surface area (Å²) in [6, 6.07) is 15.4. The Morgan fingerprint density at radius 1 is 0.963 bits per heavy atom. The lowest BCUT2D eigenvalue weighted by atomic mass is 10.1. The van der Waals surface area contributed by atoms with Crippen molar-refractivity contribution in [3.63, 3.8) is 0 Å². The van der Waals surface area contributed by atoms with Crippen molar-refractivity contribution in [1.29, 1.82) is 0 Å². The summed E-state index contributed by atoms with van der Waals surface area (Å²) in [5.41, 5.74) is 2.09. The first-order valence-corrected chi connectivity index (χ1v) is 9.12. The Hall–Kier alpha value is -2.99. The van der Waals surface area contributed by atoms with Crippen LogP contribution in [0.1, 0.15) is 5.56 Å². The molecule has 2 aromatic carbocycles. The van der Waals surface area contributed by atoms with Gasteiger partial charge in [-0.1, -0.05) is 23.7 Å². The molecule has 7 heteroatoms. The minimum atomic E-state index is 0.561. The molecule has 2 N–H and O–H groups in total. The molecule has 0 fully saturated rings. The molecule has 1 aliphatic rings. The summed E-state index contributed by atoms with van der Waals surface area (Å²) in [6.45, 7) is 1.87. The van der Waals surface area contributed by atoms with E-state index < -0.39 is 0 Å². The molecule has 1 aromatic heterocycles. The fraction of sp³-hybridized carbons (Fsp3) is 0.200. The van der Waals surface area contributed by atoms with Crippen molar-refractivity contribution >= 4 is 29.1 Å². The fourth-order valence-electron chi connectivity index (χ4n) is 2.75. The van der Waals surface area contributed by atoms with Gasteiger partial charge in [0.2, 0.25) is 5.95 Å². The molecule has 0 saturated carbocycles. The lowest BCUT2D eigenvalue weighted by Gasteiger charge is -2.19. The Labute approximate surface area is 162 Å². The van der Waals surface area contributed by atoms with Crippen LogP contribution in [-0.4, -0.2) is 29.7 Å². The molecule has 27 heavy (non-hydrogen) atoms. The van der Waals surface area contributed by atoms with Crippen LogP contribution in [-0.2, 0) is 6.42 Å². The van der Waals surface area contributed by atoms with E-state index >= 15 is 0 Å². The standard InChI is InChI=1S/C20H19ClN4O2/c21-15-3-1-14(2-4-15)7-9-22-20-23-10-8-19(25-20)24-16-5-6-17-18(13-16)27-12-11-26-17/h1-6,8,10,13H,7,9,11-12H2,(H2,22,23,24,25). The summed E-state index contributed by atoms with van der Waals surface area (Å²) < 4.78 is 11.1. The quantitative estimate of drug-likeness (QED) is 0.662. The van der Waals surface area contributed by atoms with Crippen molar-refractivity contribution in [2.75, 3.05) is 30.4 Å². The Kier molecular flexibility index (Phi) is 5.25. The molecular formula is C20H19ClN4O2. The minimum absolute atomic E-state index is 0.561. The van der Waals surface area contributed by atoms with Crippen LogP contribution in [0.4, 0.5) is 17.5 Å². The summed E-state index contributed by atoms with van der Waals surface area (Å²) in [5.74, 6) is 2.78. The van der Waals surface area contributed by atoms with E-state index in [-0.39, 0.29) is 0 Å². The number of hydrogen-bond acceptors (Lipinski definition) is 6. The molecule has 3 aromatic rings. The largest absolute Gasteiger partial charge is 0.486 e. The topological polar surface area (TPSA) is 68.3 Å². The van der Waals surface area contributed by atoms with Gasteiger partial charge in [-0.15, -0.1) is 0 Å². The number of ether oxygens (including phenoxy) is 2. The number of halogens is 1. The monoisotopic (exact) mass is 382 g/mol. The van der Waals surface area contributed by atoms with Crippen LogP contribution < -0.4 is 20.1 Å². The molecule has 0 spiro atoms. The highest BCUT2D eigenvalue weighted by atomic mass is 35.5. The molecule has 6 nitrogen and oxygen atoms in total. The molecule has 2 heterocycles. The maximum absolute atomic E-state index is 5.91. The third-order valence-corrected chi connectivity index (χ3v) is 4.33. The Morgan fingerprint density at radius 3 is 2.63 bits per heavy atom. The predicted octanol–water partition coefficient (Wildman–Crippen LogP) is 4.30. The van der Waals surface area contributed by atoms with Gasteiger partial charge in [0.1, 0.15) is 19.0 Å². The summed E-state index contributed by atoms with van der Waals surface area (Å²) in [6.07, 6.45) is 2.58. The molecular weight excluding hydrogens is 364 g/mol. The Balaban J connectivity index is 1.36. The molecule has 0 unspecified atom stereocenters. The number of fused-ring (bicyclic) bond motifs is 1. The van der Waals surface area contributed by atoms with Gasteiger partial charge in [-0.3, -0.25) is 0 Å². The van der Waals surface area contributed by atoms with Gasteiger partial charge in [0.15, 0.2) is 11.5 Å². The first-order chi connectivity index (χ1) is 13.3. The molecule has 138 valence electrons. The number of rotatable bonds is 6. The van der Waals surface area contributed by atoms with E-state index in [9.17, 15) is 0 Å². The summed E-state index contributed by atoms with van der Waals surface area (Å²) in [7, 11) is 0. The first kappa shape index (κ1) is 17.4. The number of benzene rings is 2. The second-order valence-corrected chi connectivity index (χ2v) is 6.49. The second-order valence-electron chi connectivity index (χ2n) is 6.05. The molecule has 0 atom stereocenters. The highest BCUT2D eigenvalue weighted by Gasteiger charge is 2.12. The number of nitrogens with zero attached hydrogens (tertiary/aromatic N) is 2. The lowest BCUT2D eigenvalue weighted by Crippen LogP contribution is -2.15. The molecule has 0 aliphatic carbocycles. The van der Waals surface area contributed by atoms with E-state index in [1.807, 2.05) is 48.5 Å². The van der Waals surface area contributed by atoms with E-state index in [4.69, 9.17) is 21.1 Å². The van der Waals surface area contributed by atoms with E-state index in [1.165, 1.54) is 5.56 Å². The molecule has 0 amide bonds. The van der Waals surface area contributed by atoms with Crippen LogP contribution in [0.5, 0.6) is 11.5 Å². The van der Waals surface area contributed by atoms with Gasteiger partial charge in [-0.2, -0.15) is 4.98 Å². The van der Waals surface area contributed by atoms with Crippen LogP contribution in [0.25, 0.3) is 0 Å². The highest BCUT2D eigenvalue weighted by Crippen LogP contribution is 2.33. The lowest BCUT2D eigenvalue weighted by molar-refractivity contribution is 0.171. The predicted molar refractivity (Wildman–Crippen MR) is 106 cm³/mol. The van der Waals surface area contributed by atoms with E-state index in [0.717, 1.165) is 35.2 Å². The SMILES string of the molecule is Clc1ccc(CCNc2nccc(Nc3ccc4c(c3)OCCO4)n2)cc1. The summed E-state index contributed by atoms with van der Waals surface area (Å²) in [4.78, 5) is 8.77. The highest BCUT2D eigenvalue weighted by molar-refractivity contribution is 6.30. The van der Waals surface area contributed by atoms with Crippen LogP contribution in [0, 0.1) is 0 Å². The van der Waals surface area contributed by atoms with E-state index in [1.54, 1.807) is 6.20 Å². The molecule has 0 saturated heterocycles. The van der Waals surface area contributed by atoms with Gasteiger partial charge in [-0.05, 0) is 42.3 Å². The average molecular weight is 383 g/mol. The zero-order valence-electron chi connectivity index (χ0n) is 14.6. The number of anilines is 3. The van der Waals surface area contributed by atoms with Crippen molar-refractivity contribution in [1.82, 2.24) is 9.97 Å². The van der Waals surface area contributed by atoms with E-state index in [0.29, 0.717) is 25.0 Å². The third-order valence-electron chi connectivity index (χ3n) is 4.08. The van der Waals surface area contributed by atoms with Gasteiger partial charge >= 0.3 is 0 Å². The van der Waals surface area contributed by atoms with Crippen molar-refractivity contribution in [2.45, 2.75) is 6.42 Å². The first-order valence-electron chi connectivity index (χ1n) is 8.74. The number of aromatic nitrogens is 2. The van der Waals surface area contributed by atoms with Crippen molar-refractivity contribution in [3.8, 4) is 11.5 Å². The van der Waals surface area contributed by atoms with Gasteiger partial charge in [0, 0.05) is 29.5 Å². The number of nitrogens with one attached hydrogen (secondary N) is 2. The van der Waals surface area contributed by atoms with Crippen LogP contribution in [0.3, 0.4) is 0 Å². The molecule has 1 aliphatic heterocycles. The van der Waals surface area contributed by atoms with Crippen LogP contribution in [0.2, 0.25) is 5.02 Å². The van der Waals surface area contributed by atoms with Crippen molar-refractivity contribution in [2.24, 2.45) is 0 Å². The minimum Gasteiger partial charge on any atom is -0.486 e. The summed E-state index contributed by atoms with van der Waals surface area (Å²) >= 11 is 5.91. The smallest absolute Gasteiger partial charge is 0.224 e. The Morgan fingerprint density at radius 2 is 1.78 bits per heavy atom. The van der Waals surface area contributed by atoms with E-state index in [2.05, 4.69) is 20.6 Å². The van der Waals surface area contributed by atoms with Crippen LogP contribution >= 0.6 is 11.6 Å². The van der Waals surface area contributed by atoms with Crippen LogP contribution in [0.15, 0.2) is 54.7 Å². The zero-order valence-corrected chi connectivity index (χ0v) is 15.4. The molecule has 0 bridgehead atoms. The summed E-state index contributed by atoms with van der Waals surface area (Å²) in [5, 5.41) is 7.25. The molecule has 4 rings (SSSR count). The average Bonchev–Trinajstić information content (AvgIpc) is 2.70. The van der Waals surface area contributed by atoms with Crippen molar-refractivity contribution in [3.05, 3.63) is 65.3 Å². The maximum Gasteiger partial charge on any atom is 0.224 e. The third kappa shape index (κ3) is 4.60.